The van der Waals surface area contributed by atoms with Gasteiger partial charge in [0.15, 0.2) is 12.1 Å². The number of hydrogen-bond donors (Lipinski definition) is 0. The van der Waals surface area contributed by atoms with E-state index in [1.807, 2.05) is 36.1 Å². The molecule has 1 aromatic heterocycles. The van der Waals surface area contributed by atoms with Crippen molar-refractivity contribution in [3.63, 3.8) is 0 Å². The van der Waals surface area contributed by atoms with Gasteiger partial charge in [-0.05, 0) is 31.9 Å². The number of benzene rings is 1. The molecule has 24 heavy (non-hydrogen) atoms. The maximum Gasteiger partial charge on any atom is 0.276 e. The van der Waals surface area contributed by atoms with E-state index < -0.39 is 0 Å². The molecule has 1 aliphatic heterocycles. The Morgan fingerprint density at radius 1 is 1.38 bits per heavy atom. The van der Waals surface area contributed by atoms with Crippen LogP contribution in [0.4, 0.5) is 0 Å². The quantitative estimate of drug-likeness (QED) is 0.843. The van der Waals surface area contributed by atoms with Crippen LogP contribution in [0.2, 0.25) is 0 Å². The smallest absolute Gasteiger partial charge is 0.276 e. The van der Waals surface area contributed by atoms with Gasteiger partial charge in [-0.1, -0.05) is 24.6 Å². The third kappa shape index (κ3) is 3.78. The van der Waals surface area contributed by atoms with Crippen LogP contribution in [0.1, 0.15) is 41.6 Å². The van der Waals surface area contributed by atoms with Gasteiger partial charge < -0.3 is 14.1 Å². The summed E-state index contributed by atoms with van der Waals surface area (Å²) in [7, 11) is 0. The van der Waals surface area contributed by atoms with Gasteiger partial charge in [-0.25, -0.2) is 4.98 Å². The second-order valence-corrected chi connectivity index (χ2v) is 6.36. The van der Waals surface area contributed by atoms with Gasteiger partial charge in [0.1, 0.15) is 11.5 Å². The highest BCUT2D eigenvalue weighted by Gasteiger charge is 2.27. The standard InChI is InChI=1S/C19H24N2O3/c1-3-17-18(20-13-24-17)19(22)21-10-4-5-15(11-21)12-23-16-8-6-14(2)7-9-16/h6-9,13,15H,3-5,10-12H2,1-2H3/t15-/m1/s1. The van der Waals surface area contributed by atoms with E-state index in [-0.39, 0.29) is 5.91 Å². The zero-order valence-electron chi connectivity index (χ0n) is 14.3. The fourth-order valence-corrected chi connectivity index (χ4v) is 3.08. The summed E-state index contributed by atoms with van der Waals surface area (Å²) in [5.74, 6) is 1.87. The lowest BCUT2D eigenvalue weighted by molar-refractivity contribution is 0.0626. The topological polar surface area (TPSA) is 55.6 Å². The van der Waals surface area contributed by atoms with E-state index >= 15 is 0 Å². The average molecular weight is 328 g/mol. The molecule has 2 heterocycles. The summed E-state index contributed by atoms with van der Waals surface area (Å²) in [5, 5.41) is 0. The zero-order valence-corrected chi connectivity index (χ0v) is 14.3. The van der Waals surface area contributed by atoms with Gasteiger partial charge in [0.2, 0.25) is 0 Å². The van der Waals surface area contributed by atoms with E-state index in [1.54, 1.807) is 0 Å². The summed E-state index contributed by atoms with van der Waals surface area (Å²) >= 11 is 0. The lowest BCUT2D eigenvalue weighted by atomic mass is 9.98. The van der Waals surface area contributed by atoms with Crippen molar-refractivity contribution in [3.05, 3.63) is 47.7 Å². The van der Waals surface area contributed by atoms with Crippen molar-refractivity contribution in [3.8, 4) is 5.75 Å². The molecule has 0 saturated carbocycles. The van der Waals surface area contributed by atoms with E-state index in [0.29, 0.717) is 36.9 Å². The normalized spacial score (nSPS) is 17.8. The van der Waals surface area contributed by atoms with Gasteiger partial charge in [-0.15, -0.1) is 0 Å². The Balaban J connectivity index is 1.58. The number of aromatic nitrogens is 1. The molecule has 0 aliphatic carbocycles. The molecule has 3 rings (SSSR count). The average Bonchev–Trinajstić information content (AvgIpc) is 3.09. The van der Waals surface area contributed by atoms with Crippen LogP contribution in [0.5, 0.6) is 5.75 Å². The lowest BCUT2D eigenvalue weighted by Crippen LogP contribution is -2.42. The number of amides is 1. The summed E-state index contributed by atoms with van der Waals surface area (Å²) in [5.41, 5.74) is 1.67. The highest BCUT2D eigenvalue weighted by molar-refractivity contribution is 5.93. The second-order valence-electron chi connectivity index (χ2n) is 6.36. The largest absolute Gasteiger partial charge is 0.493 e. The minimum absolute atomic E-state index is 0.0272. The maximum atomic E-state index is 12.7. The Kier molecular flexibility index (Phi) is 5.18. The number of ether oxygens (including phenoxy) is 1. The molecule has 0 bridgehead atoms. The predicted molar refractivity (Wildman–Crippen MR) is 91.2 cm³/mol. The van der Waals surface area contributed by atoms with Crippen LogP contribution < -0.4 is 4.74 Å². The number of oxazole rings is 1. The van der Waals surface area contributed by atoms with Crippen LogP contribution in [-0.4, -0.2) is 35.5 Å². The Hall–Kier alpha value is -2.30. The summed E-state index contributed by atoms with van der Waals surface area (Å²) in [6.45, 7) is 6.14. The third-order valence-corrected chi connectivity index (χ3v) is 4.48. The fraction of sp³-hybridized carbons (Fsp3) is 0.474. The predicted octanol–water partition coefficient (Wildman–Crippen LogP) is 3.48. The van der Waals surface area contributed by atoms with Crippen molar-refractivity contribution in [2.24, 2.45) is 5.92 Å². The van der Waals surface area contributed by atoms with E-state index in [1.165, 1.54) is 12.0 Å². The number of aryl methyl sites for hydroxylation is 2. The molecule has 1 atom stereocenters. The molecule has 1 aliphatic rings. The Labute approximate surface area is 142 Å². The molecule has 128 valence electrons. The molecule has 0 radical (unpaired) electrons. The van der Waals surface area contributed by atoms with Crippen molar-refractivity contribution in [2.75, 3.05) is 19.7 Å². The first-order chi connectivity index (χ1) is 11.7. The summed E-state index contributed by atoms with van der Waals surface area (Å²) in [6, 6.07) is 8.07. The van der Waals surface area contributed by atoms with Crippen LogP contribution in [0, 0.1) is 12.8 Å². The molecule has 1 saturated heterocycles. The molecular formula is C19H24N2O3. The van der Waals surface area contributed by atoms with Crippen LogP contribution in [-0.2, 0) is 6.42 Å². The first kappa shape index (κ1) is 16.6. The summed E-state index contributed by atoms with van der Waals surface area (Å²) in [6.07, 6.45) is 4.10. The van der Waals surface area contributed by atoms with Gasteiger partial charge in [0.25, 0.3) is 5.91 Å². The third-order valence-electron chi connectivity index (χ3n) is 4.48. The van der Waals surface area contributed by atoms with E-state index in [4.69, 9.17) is 9.15 Å². The van der Waals surface area contributed by atoms with Crippen LogP contribution >= 0.6 is 0 Å². The van der Waals surface area contributed by atoms with Crippen molar-refractivity contribution < 1.29 is 13.9 Å². The first-order valence-electron chi connectivity index (χ1n) is 8.58. The van der Waals surface area contributed by atoms with Crippen LogP contribution in [0.25, 0.3) is 0 Å². The monoisotopic (exact) mass is 328 g/mol. The van der Waals surface area contributed by atoms with Gasteiger partial charge in [0.05, 0.1) is 6.61 Å². The SMILES string of the molecule is CCc1ocnc1C(=O)N1CCC[C@@H](COc2ccc(C)cc2)C1. The number of likely N-dealkylation sites (tertiary alicyclic amines) is 1. The molecule has 0 unspecified atom stereocenters. The molecule has 5 heteroatoms. The Bertz CT molecular complexity index is 678. The van der Waals surface area contributed by atoms with Crippen LogP contribution in [0.3, 0.4) is 0 Å². The van der Waals surface area contributed by atoms with Crippen molar-refractivity contribution in [1.29, 1.82) is 0 Å². The fourth-order valence-electron chi connectivity index (χ4n) is 3.08. The Morgan fingerprint density at radius 3 is 2.92 bits per heavy atom. The number of carbonyl (C=O) groups is 1. The van der Waals surface area contributed by atoms with Gasteiger partial charge in [-0.3, -0.25) is 4.79 Å². The minimum atomic E-state index is -0.0272. The molecule has 1 fully saturated rings. The Morgan fingerprint density at radius 2 is 2.17 bits per heavy atom. The highest BCUT2D eigenvalue weighted by Crippen LogP contribution is 2.21. The number of nitrogens with zero attached hydrogens (tertiary/aromatic N) is 2. The number of hydrogen-bond acceptors (Lipinski definition) is 4. The molecule has 0 N–H and O–H groups in total. The molecule has 5 nitrogen and oxygen atoms in total. The zero-order chi connectivity index (χ0) is 16.9. The van der Waals surface area contributed by atoms with E-state index in [9.17, 15) is 4.79 Å². The van der Waals surface area contributed by atoms with Crippen molar-refractivity contribution in [2.45, 2.75) is 33.1 Å². The van der Waals surface area contributed by atoms with Gasteiger partial charge in [-0.2, -0.15) is 0 Å². The second kappa shape index (κ2) is 7.51. The highest BCUT2D eigenvalue weighted by atomic mass is 16.5. The van der Waals surface area contributed by atoms with Crippen LogP contribution in [0.15, 0.2) is 35.1 Å². The van der Waals surface area contributed by atoms with E-state index in [0.717, 1.165) is 25.1 Å². The molecule has 2 aromatic rings. The van der Waals surface area contributed by atoms with E-state index in [2.05, 4.69) is 11.9 Å². The molecule has 0 spiro atoms. The lowest BCUT2D eigenvalue weighted by Gasteiger charge is -2.32. The van der Waals surface area contributed by atoms with Crippen molar-refractivity contribution in [1.82, 2.24) is 9.88 Å². The first-order valence-corrected chi connectivity index (χ1v) is 8.58. The van der Waals surface area contributed by atoms with Crippen molar-refractivity contribution >= 4 is 5.91 Å². The number of carbonyl (C=O) groups excluding carboxylic acids is 1. The van der Waals surface area contributed by atoms with Gasteiger partial charge in [0, 0.05) is 25.4 Å². The molecule has 1 amide bonds. The minimum Gasteiger partial charge on any atom is -0.493 e. The molecule has 1 aromatic carbocycles. The summed E-state index contributed by atoms with van der Waals surface area (Å²) in [4.78, 5) is 18.6. The maximum absolute atomic E-state index is 12.7. The van der Waals surface area contributed by atoms with Gasteiger partial charge >= 0.3 is 0 Å². The molecular weight excluding hydrogens is 304 g/mol. The number of piperidine rings is 1. The summed E-state index contributed by atoms with van der Waals surface area (Å²) < 4.78 is 11.2. The number of rotatable bonds is 5.